The molecule has 0 spiro atoms. The van der Waals surface area contributed by atoms with Crippen LogP contribution in [0.5, 0.6) is 5.75 Å². The third kappa shape index (κ3) is 6.54. The summed E-state index contributed by atoms with van der Waals surface area (Å²) >= 11 is 1.85. The molecule has 0 saturated carbocycles. The molecule has 0 heterocycles. The Bertz CT molecular complexity index is 629. The zero-order valence-electron chi connectivity index (χ0n) is 14.2. The average molecular weight is 343 g/mol. The van der Waals surface area contributed by atoms with Crippen LogP contribution in [0.25, 0.3) is 0 Å². The maximum atomic E-state index is 9.32. The molecule has 1 unspecified atom stereocenters. The van der Waals surface area contributed by atoms with E-state index in [1.54, 1.807) is 12.1 Å². The van der Waals surface area contributed by atoms with E-state index in [9.17, 15) is 5.11 Å². The lowest BCUT2D eigenvalue weighted by Crippen LogP contribution is -2.40. The Hall–Kier alpha value is -2.14. The van der Waals surface area contributed by atoms with Gasteiger partial charge in [0, 0.05) is 23.2 Å². The van der Waals surface area contributed by atoms with Crippen LogP contribution in [0.2, 0.25) is 0 Å². The van der Waals surface area contributed by atoms with Gasteiger partial charge in [0.1, 0.15) is 5.75 Å². The predicted octanol–water partition coefficient (Wildman–Crippen LogP) is 3.63. The summed E-state index contributed by atoms with van der Waals surface area (Å²) in [6, 6.07) is 17.6. The van der Waals surface area contributed by atoms with E-state index in [1.807, 2.05) is 30.0 Å². The Labute approximate surface area is 148 Å². The van der Waals surface area contributed by atoms with Gasteiger partial charge in [-0.15, -0.1) is 11.8 Å². The summed E-state index contributed by atoms with van der Waals surface area (Å²) in [5, 5.41) is 16.4. The highest BCUT2D eigenvalue weighted by Gasteiger charge is 2.05. The van der Waals surface area contributed by atoms with Crippen molar-refractivity contribution in [2.24, 2.45) is 4.99 Å². The summed E-state index contributed by atoms with van der Waals surface area (Å²) in [5.74, 6) is 1.09. The quantitative estimate of drug-likeness (QED) is 0.408. The van der Waals surface area contributed by atoms with Crippen molar-refractivity contribution in [2.45, 2.75) is 30.5 Å². The van der Waals surface area contributed by atoms with Crippen LogP contribution in [0.3, 0.4) is 0 Å². The van der Waals surface area contributed by atoms with E-state index < -0.39 is 0 Å². The van der Waals surface area contributed by atoms with Crippen LogP contribution in [0, 0.1) is 0 Å². The van der Waals surface area contributed by atoms with Crippen molar-refractivity contribution in [3.05, 3.63) is 60.2 Å². The fourth-order valence-electron chi connectivity index (χ4n) is 2.13. The van der Waals surface area contributed by atoms with E-state index in [4.69, 9.17) is 0 Å². The molecule has 2 aromatic carbocycles. The van der Waals surface area contributed by atoms with E-state index >= 15 is 0 Å². The molecule has 0 saturated heterocycles. The van der Waals surface area contributed by atoms with E-state index in [-0.39, 0.29) is 5.75 Å². The first-order valence-electron chi connectivity index (χ1n) is 8.19. The first kappa shape index (κ1) is 18.2. The molecule has 5 heteroatoms. The van der Waals surface area contributed by atoms with Crippen molar-refractivity contribution in [2.75, 3.05) is 13.1 Å². The third-order valence-electron chi connectivity index (χ3n) is 3.34. The summed E-state index contributed by atoms with van der Waals surface area (Å²) < 4.78 is 0. The number of thioether (sulfide) groups is 1. The van der Waals surface area contributed by atoms with Crippen molar-refractivity contribution in [1.82, 2.24) is 10.6 Å². The third-order valence-corrected chi connectivity index (χ3v) is 4.45. The lowest BCUT2D eigenvalue weighted by molar-refractivity contribution is 0.475. The average Bonchev–Trinajstić information content (AvgIpc) is 2.59. The van der Waals surface area contributed by atoms with Crippen LogP contribution < -0.4 is 10.6 Å². The molecule has 0 aliphatic heterocycles. The Morgan fingerprint density at radius 1 is 1.08 bits per heavy atom. The maximum Gasteiger partial charge on any atom is 0.191 e. The summed E-state index contributed by atoms with van der Waals surface area (Å²) in [5.41, 5.74) is 1.07. The van der Waals surface area contributed by atoms with Crippen LogP contribution in [0.15, 0.2) is 64.5 Å². The molecule has 0 aromatic heterocycles. The number of hydrogen-bond donors (Lipinski definition) is 3. The Morgan fingerprint density at radius 2 is 1.79 bits per heavy atom. The largest absolute Gasteiger partial charge is 0.508 e. The minimum absolute atomic E-state index is 0.277. The number of guanidine groups is 1. The standard InChI is InChI=1S/C19H25N3OS/c1-3-20-19(22-14-16-9-11-17(23)12-10-16)21-13-15(2)24-18-7-5-4-6-8-18/h4-12,15,23H,3,13-14H2,1-2H3,(H2,20,21,22). The Balaban J connectivity index is 1.85. The van der Waals surface area contributed by atoms with Crippen molar-refractivity contribution in [3.8, 4) is 5.75 Å². The van der Waals surface area contributed by atoms with Gasteiger partial charge < -0.3 is 15.7 Å². The van der Waals surface area contributed by atoms with Crippen molar-refractivity contribution in [3.63, 3.8) is 0 Å². The number of rotatable bonds is 7. The molecule has 4 nitrogen and oxygen atoms in total. The van der Waals surface area contributed by atoms with Crippen LogP contribution >= 0.6 is 11.8 Å². The second kappa shape index (κ2) is 9.88. The molecule has 0 aliphatic rings. The molecule has 2 aromatic rings. The fraction of sp³-hybridized carbons (Fsp3) is 0.316. The van der Waals surface area contributed by atoms with E-state index in [2.05, 4.69) is 53.7 Å². The molecule has 128 valence electrons. The number of aromatic hydroxyl groups is 1. The normalized spacial score (nSPS) is 12.7. The molecule has 2 rings (SSSR count). The fourth-order valence-corrected chi connectivity index (χ4v) is 3.07. The molecular formula is C19H25N3OS. The Morgan fingerprint density at radius 3 is 2.46 bits per heavy atom. The number of nitrogens with one attached hydrogen (secondary N) is 2. The lowest BCUT2D eigenvalue weighted by Gasteiger charge is -2.15. The molecule has 3 N–H and O–H groups in total. The molecule has 1 atom stereocenters. The molecule has 24 heavy (non-hydrogen) atoms. The van der Waals surface area contributed by atoms with Crippen molar-refractivity contribution < 1.29 is 5.11 Å². The Kier molecular flexibility index (Phi) is 7.49. The highest BCUT2D eigenvalue weighted by atomic mass is 32.2. The minimum Gasteiger partial charge on any atom is -0.508 e. The summed E-state index contributed by atoms with van der Waals surface area (Å²) in [4.78, 5) is 5.87. The van der Waals surface area contributed by atoms with Gasteiger partial charge in [0.2, 0.25) is 0 Å². The van der Waals surface area contributed by atoms with Crippen LogP contribution in [0.4, 0.5) is 0 Å². The smallest absolute Gasteiger partial charge is 0.191 e. The predicted molar refractivity (Wildman–Crippen MR) is 103 cm³/mol. The lowest BCUT2D eigenvalue weighted by atomic mass is 10.2. The minimum atomic E-state index is 0.277. The van der Waals surface area contributed by atoms with E-state index in [1.165, 1.54) is 4.90 Å². The number of phenolic OH excluding ortho intramolecular Hbond substituents is 1. The van der Waals surface area contributed by atoms with E-state index in [0.29, 0.717) is 11.8 Å². The molecule has 0 radical (unpaired) electrons. The van der Waals surface area contributed by atoms with Crippen molar-refractivity contribution in [1.29, 1.82) is 0 Å². The van der Waals surface area contributed by atoms with Crippen LogP contribution in [-0.2, 0) is 6.54 Å². The van der Waals surface area contributed by atoms with Crippen LogP contribution in [0.1, 0.15) is 19.4 Å². The number of hydrogen-bond acceptors (Lipinski definition) is 3. The number of benzene rings is 2. The van der Waals surface area contributed by atoms with Crippen LogP contribution in [-0.4, -0.2) is 29.4 Å². The first-order valence-corrected chi connectivity index (χ1v) is 9.07. The van der Waals surface area contributed by atoms with Gasteiger partial charge in [0.15, 0.2) is 5.96 Å². The number of aliphatic imine (C=N–C) groups is 1. The monoisotopic (exact) mass is 343 g/mol. The molecule has 0 amide bonds. The zero-order valence-corrected chi connectivity index (χ0v) is 15.0. The molecule has 0 fully saturated rings. The summed E-state index contributed by atoms with van der Waals surface area (Å²) in [6.45, 7) is 6.49. The highest BCUT2D eigenvalue weighted by molar-refractivity contribution is 8.00. The topological polar surface area (TPSA) is 56.7 Å². The zero-order chi connectivity index (χ0) is 17.2. The van der Waals surface area contributed by atoms with Gasteiger partial charge in [-0.05, 0) is 36.8 Å². The number of phenols is 1. The van der Waals surface area contributed by atoms with E-state index in [0.717, 1.165) is 24.6 Å². The van der Waals surface area contributed by atoms with Crippen molar-refractivity contribution >= 4 is 17.7 Å². The van der Waals surface area contributed by atoms with Gasteiger partial charge in [-0.2, -0.15) is 0 Å². The number of nitrogens with zero attached hydrogens (tertiary/aromatic N) is 1. The van der Waals surface area contributed by atoms with Gasteiger partial charge in [0.05, 0.1) is 6.54 Å². The van der Waals surface area contributed by atoms with Gasteiger partial charge in [0.25, 0.3) is 0 Å². The summed E-state index contributed by atoms with van der Waals surface area (Å²) in [6.07, 6.45) is 0. The second-order valence-corrected chi connectivity index (χ2v) is 7.00. The van der Waals surface area contributed by atoms with Gasteiger partial charge in [-0.3, -0.25) is 0 Å². The van der Waals surface area contributed by atoms with Gasteiger partial charge in [-0.25, -0.2) is 4.99 Å². The maximum absolute atomic E-state index is 9.32. The first-order chi connectivity index (χ1) is 11.7. The second-order valence-electron chi connectivity index (χ2n) is 5.48. The molecule has 0 bridgehead atoms. The molecular weight excluding hydrogens is 318 g/mol. The summed E-state index contributed by atoms with van der Waals surface area (Å²) in [7, 11) is 0. The molecule has 0 aliphatic carbocycles. The van der Waals surface area contributed by atoms with Gasteiger partial charge >= 0.3 is 0 Å². The van der Waals surface area contributed by atoms with Gasteiger partial charge in [-0.1, -0.05) is 37.3 Å². The SMILES string of the molecule is CCNC(=NCc1ccc(O)cc1)NCC(C)Sc1ccccc1. The highest BCUT2D eigenvalue weighted by Crippen LogP contribution is 2.21.